The second kappa shape index (κ2) is 9.30. The van der Waals surface area contributed by atoms with E-state index in [1.807, 2.05) is 31.2 Å². The average molecular weight is 417 g/mol. The van der Waals surface area contributed by atoms with E-state index in [1.54, 1.807) is 41.4 Å². The van der Waals surface area contributed by atoms with E-state index in [4.69, 9.17) is 9.47 Å². The third kappa shape index (κ3) is 5.01. The Morgan fingerprint density at radius 3 is 2.81 bits per heavy atom. The highest BCUT2D eigenvalue weighted by atomic mass is 16.5. The number of hydrogen-bond donors (Lipinski definition) is 1. The van der Waals surface area contributed by atoms with E-state index in [9.17, 15) is 9.59 Å². The Hall–Kier alpha value is -3.87. The number of nitrogens with zero attached hydrogens (tertiary/aromatic N) is 2. The number of benzene rings is 2. The van der Waals surface area contributed by atoms with Crippen LogP contribution in [-0.4, -0.2) is 36.6 Å². The van der Waals surface area contributed by atoms with Gasteiger partial charge in [-0.3, -0.25) is 14.6 Å². The first-order valence-electron chi connectivity index (χ1n) is 10.1. The number of nitrogens with one attached hydrogen (secondary N) is 1. The number of ether oxygens (including phenoxy) is 2. The molecule has 0 spiro atoms. The minimum absolute atomic E-state index is 0.00674. The van der Waals surface area contributed by atoms with Crippen molar-refractivity contribution in [3.05, 3.63) is 78.1 Å². The van der Waals surface area contributed by atoms with E-state index in [1.165, 1.54) is 11.8 Å². The normalized spacial score (nSPS) is 12.7. The predicted molar refractivity (Wildman–Crippen MR) is 118 cm³/mol. The van der Waals surface area contributed by atoms with Gasteiger partial charge in [0.15, 0.2) is 6.61 Å². The zero-order valence-electron chi connectivity index (χ0n) is 17.2. The van der Waals surface area contributed by atoms with Gasteiger partial charge < -0.3 is 19.7 Å². The molecule has 2 amide bonds. The van der Waals surface area contributed by atoms with Crippen LogP contribution in [0.2, 0.25) is 0 Å². The minimum Gasteiger partial charge on any atom is -0.494 e. The smallest absolute Gasteiger partial charge is 0.265 e. The maximum absolute atomic E-state index is 12.5. The van der Waals surface area contributed by atoms with Crippen molar-refractivity contribution in [2.24, 2.45) is 0 Å². The Bertz CT molecular complexity index is 1070. The molecule has 31 heavy (non-hydrogen) atoms. The first-order valence-corrected chi connectivity index (χ1v) is 10.1. The van der Waals surface area contributed by atoms with E-state index in [-0.39, 0.29) is 18.4 Å². The summed E-state index contributed by atoms with van der Waals surface area (Å²) in [6.07, 6.45) is 3.77. The summed E-state index contributed by atoms with van der Waals surface area (Å²) in [5, 5.41) is 2.84. The third-order valence-corrected chi connectivity index (χ3v) is 4.90. The van der Waals surface area contributed by atoms with Gasteiger partial charge in [0.05, 0.1) is 17.9 Å². The standard InChI is InChI=1S/C24H23N3O4/c1-17-5-8-20(9-6-17)30-13-3-12-27-21-14-19(7-10-22(21)31-16-23(27)28)26-24(29)18-4-2-11-25-15-18/h2,4-11,14-15H,3,12-13,16H2,1H3,(H,26,29). The number of carbonyl (C=O) groups excluding carboxylic acids is 2. The quantitative estimate of drug-likeness (QED) is 0.591. The molecule has 1 aromatic heterocycles. The highest BCUT2D eigenvalue weighted by Crippen LogP contribution is 2.34. The summed E-state index contributed by atoms with van der Waals surface area (Å²) in [6.45, 7) is 2.99. The van der Waals surface area contributed by atoms with Gasteiger partial charge in [0.1, 0.15) is 11.5 Å². The van der Waals surface area contributed by atoms with Gasteiger partial charge in [-0.05, 0) is 55.8 Å². The molecule has 158 valence electrons. The number of aryl methyl sites for hydroxylation is 1. The largest absolute Gasteiger partial charge is 0.494 e. The summed E-state index contributed by atoms with van der Waals surface area (Å²) in [7, 11) is 0. The lowest BCUT2D eigenvalue weighted by Crippen LogP contribution is -2.39. The molecular formula is C24H23N3O4. The van der Waals surface area contributed by atoms with Crippen LogP contribution in [0.5, 0.6) is 11.5 Å². The van der Waals surface area contributed by atoms with Crippen LogP contribution in [-0.2, 0) is 4.79 Å². The van der Waals surface area contributed by atoms with E-state index < -0.39 is 0 Å². The molecule has 2 aromatic carbocycles. The maximum Gasteiger partial charge on any atom is 0.265 e. The number of carbonyl (C=O) groups is 2. The molecule has 0 bridgehead atoms. The van der Waals surface area contributed by atoms with Crippen molar-refractivity contribution in [3.8, 4) is 11.5 Å². The summed E-state index contributed by atoms with van der Waals surface area (Å²) in [6, 6.07) is 16.5. The molecule has 0 saturated carbocycles. The highest BCUT2D eigenvalue weighted by Gasteiger charge is 2.25. The van der Waals surface area contributed by atoms with Crippen molar-refractivity contribution in [2.45, 2.75) is 13.3 Å². The fraction of sp³-hybridized carbons (Fsp3) is 0.208. The molecular weight excluding hydrogens is 394 g/mol. The summed E-state index contributed by atoms with van der Waals surface area (Å²) in [4.78, 5) is 30.5. The molecule has 1 aliphatic heterocycles. The maximum atomic E-state index is 12.5. The number of hydrogen-bond acceptors (Lipinski definition) is 5. The van der Waals surface area contributed by atoms with Gasteiger partial charge in [-0.2, -0.15) is 0 Å². The Kier molecular flexibility index (Phi) is 6.12. The van der Waals surface area contributed by atoms with Gasteiger partial charge in [-0.1, -0.05) is 17.7 Å². The minimum atomic E-state index is -0.269. The highest BCUT2D eigenvalue weighted by molar-refractivity contribution is 6.05. The second-order valence-electron chi connectivity index (χ2n) is 7.23. The Balaban J connectivity index is 1.41. The van der Waals surface area contributed by atoms with Gasteiger partial charge in [-0.15, -0.1) is 0 Å². The molecule has 7 heteroatoms. The molecule has 1 N–H and O–H groups in total. The van der Waals surface area contributed by atoms with E-state index in [2.05, 4.69) is 10.3 Å². The lowest BCUT2D eigenvalue weighted by molar-refractivity contribution is -0.121. The van der Waals surface area contributed by atoms with Gasteiger partial charge in [-0.25, -0.2) is 0 Å². The topological polar surface area (TPSA) is 80.8 Å². The van der Waals surface area contributed by atoms with Crippen molar-refractivity contribution < 1.29 is 19.1 Å². The monoisotopic (exact) mass is 417 g/mol. The molecule has 7 nitrogen and oxygen atoms in total. The molecule has 2 heterocycles. The van der Waals surface area contributed by atoms with Crippen LogP contribution in [0.25, 0.3) is 0 Å². The fourth-order valence-corrected chi connectivity index (χ4v) is 3.27. The molecule has 0 fully saturated rings. The zero-order chi connectivity index (χ0) is 21.6. The van der Waals surface area contributed by atoms with Crippen molar-refractivity contribution in [3.63, 3.8) is 0 Å². The van der Waals surface area contributed by atoms with Gasteiger partial charge >= 0.3 is 0 Å². The van der Waals surface area contributed by atoms with Crippen molar-refractivity contribution in [1.82, 2.24) is 4.98 Å². The second-order valence-corrected chi connectivity index (χ2v) is 7.23. The Labute approximate surface area is 180 Å². The average Bonchev–Trinajstić information content (AvgIpc) is 2.79. The Morgan fingerprint density at radius 1 is 1.19 bits per heavy atom. The number of pyridine rings is 1. The first-order chi connectivity index (χ1) is 15.1. The summed E-state index contributed by atoms with van der Waals surface area (Å²) in [5.74, 6) is 1.02. The SMILES string of the molecule is Cc1ccc(OCCCN2C(=O)COc3ccc(NC(=O)c4cccnc4)cc32)cc1. The van der Waals surface area contributed by atoms with Crippen molar-refractivity contribution in [1.29, 1.82) is 0 Å². The van der Waals surface area contributed by atoms with Crippen LogP contribution >= 0.6 is 0 Å². The zero-order valence-corrected chi connectivity index (χ0v) is 17.2. The lowest BCUT2D eigenvalue weighted by Gasteiger charge is -2.30. The fourth-order valence-electron chi connectivity index (χ4n) is 3.27. The van der Waals surface area contributed by atoms with Crippen LogP contribution < -0.4 is 19.7 Å². The summed E-state index contributed by atoms with van der Waals surface area (Å²) in [5.41, 5.74) is 2.84. The van der Waals surface area contributed by atoms with Gasteiger partial charge in [0.2, 0.25) is 0 Å². The lowest BCUT2D eigenvalue weighted by atomic mass is 10.2. The van der Waals surface area contributed by atoms with Crippen LogP contribution in [0.15, 0.2) is 67.0 Å². The Morgan fingerprint density at radius 2 is 2.03 bits per heavy atom. The van der Waals surface area contributed by atoms with E-state index in [0.29, 0.717) is 42.3 Å². The molecule has 0 saturated heterocycles. The molecule has 4 rings (SSSR count). The number of rotatable bonds is 7. The summed E-state index contributed by atoms with van der Waals surface area (Å²) < 4.78 is 11.3. The van der Waals surface area contributed by atoms with Crippen molar-refractivity contribution in [2.75, 3.05) is 30.0 Å². The van der Waals surface area contributed by atoms with Gasteiger partial charge in [0.25, 0.3) is 11.8 Å². The predicted octanol–water partition coefficient (Wildman–Crippen LogP) is 3.84. The molecule has 0 aliphatic carbocycles. The van der Waals surface area contributed by atoms with Crippen LogP contribution in [0.1, 0.15) is 22.3 Å². The molecule has 0 unspecified atom stereocenters. The number of aromatic nitrogens is 1. The third-order valence-electron chi connectivity index (χ3n) is 4.90. The van der Waals surface area contributed by atoms with E-state index >= 15 is 0 Å². The van der Waals surface area contributed by atoms with Gasteiger partial charge in [0, 0.05) is 24.6 Å². The molecule has 0 radical (unpaired) electrons. The first kappa shape index (κ1) is 20.4. The number of fused-ring (bicyclic) bond motifs is 1. The molecule has 3 aromatic rings. The van der Waals surface area contributed by atoms with Crippen LogP contribution in [0.4, 0.5) is 11.4 Å². The van der Waals surface area contributed by atoms with E-state index in [0.717, 1.165) is 5.75 Å². The molecule has 0 atom stereocenters. The number of anilines is 2. The van der Waals surface area contributed by atoms with Crippen molar-refractivity contribution >= 4 is 23.2 Å². The summed E-state index contributed by atoms with van der Waals surface area (Å²) >= 11 is 0. The molecule has 1 aliphatic rings. The van der Waals surface area contributed by atoms with Crippen LogP contribution in [0, 0.1) is 6.92 Å². The van der Waals surface area contributed by atoms with Crippen LogP contribution in [0.3, 0.4) is 0 Å². The number of amides is 2.